The van der Waals surface area contributed by atoms with Gasteiger partial charge in [0, 0.05) is 25.8 Å². The van der Waals surface area contributed by atoms with E-state index in [0.29, 0.717) is 13.1 Å². The van der Waals surface area contributed by atoms with E-state index in [1.807, 2.05) is 36.2 Å². The van der Waals surface area contributed by atoms with Crippen LogP contribution in [-0.4, -0.2) is 26.0 Å². The molecule has 1 aromatic carbocycles. The quantitative estimate of drug-likeness (QED) is 0.791. The molecule has 0 spiro atoms. The van der Waals surface area contributed by atoms with Crippen LogP contribution in [0.5, 0.6) is 0 Å². The van der Waals surface area contributed by atoms with Gasteiger partial charge in [-0.3, -0.25) is 4.79 Å². The van der Waals surface area contributed by atoms with Gasteiger partial charge in [0.1, 0.15) is 0 Å². The van der Waals surface area contributed by atoms with E-state index in [-0.39, 0.29) is 5.91 Å². The molecule has 1 aromatic rings. The number of nitrogens with zero attached hydrogens (tertiary/aromatic N) is 1. The minimum Gasteiger partial charge on any atom is -0.365 e. The van der Waals surface area contributed by atoms with Crippen molar-refractivity contribution in [2.24, 2.45) is 11.7 Å². The molecule has 4 heteroatoms. The highest BCUT2D eigenvalue weighted by atomic mass is 16.2. The van der Waals surface area contributed by atoms with Crippen LogP contribution in [0, 0.1) is 5.92 Å². The molecule has 0 radical (unpaired) electrons. The molecule has 18 heavy (non-hydrogen) atoms. The fraction of sp³-hybridized carbons (Fsp3) is 0.500. The first-order chi connectivity index (χ1) is 8.70. The lowest BCUT2D eigenvalue weighted by Gasteiger charge is -2.21. The summed E-state index contributed by atoms with van der Waals surface area (Å²) in [6.07, 6.45) is 2.51. The SMILES string of the molecule is CN(CC(=O)NCC1CC1)c1ccccc1CN. The summed E-state index contributed by atoms with van der Waals surface area (Å²) in [5.74, 6) is 0.798. The second-order valence-electron chi connectivity index (χ2n) is 4.94. The molecule has 0 unspecified atom stereocenters. The number of anilines is 1. The smallest absolute Gasteiger partial charge is 0.239 e. The number of hydrogen-bond donors (Lipinski definition) is 2. The maximum Gasteiger partial charge on any atom is 0.239 e. The fourth-order valence-corrected chi connectivity index (χ4v) is 1.99. The summed E-state index contributed by atoms with van der Waals surface area (Å²) in [5, 5.41) is 2.97. The van der Waals surface area contributed by atoms with Gasteiger partial charge in [-0.1, -0.05) is 18.2 Å². The Balaban J connectivity index is 1.89. The number of carbonyl (C=O) groups excluding carboxylic acids is 1. The van der Waals surface area contributed by atoms with Gasteiger partial charge in [0.05, 0.1) is 6.54 Å². The van der Waals surface area contributed by atoms with Crippen LogP contribution in [0.3, 0.4) is 0 Å². The van der Waals surface area contributed by atoms with E-state index in [9.17, 15) is 4.79 Å². The van der Waals surface area contributed by atoms with Gasteiger partial charge in [0.25, 0.3) is 0 Å². The Hall–Kier alpha value is -1.55. The maximum atomic E-state index is 11.8. The standard InChI is InChI=1S/C14H21N3O/c1-17(10-14(18)16-9-11-6-7-11)13-5-3-2-4-12(13)8-15/h2-5,11H,6-10,15H2,1H3,(H,16,18). The number of para-hydroxylation sites is 1. The molecule has 98 valence electrons. The Labute approximate surface area is 108 Å². The topological polar surface area (TPSA) is 58.4 Å². The second kappa shape index (κ2) is 5.87. The molecule has 3 N–H and O–H groups in total. The largest absolute Gasteiger partial charge is 0.365 e. The molecule has 0 saturated heterocycles. The van der Waals surface area contributed by atoms with E-state index >= 15 is 0 Å². The molecule has 1 saturated carbocycles. The van der Waals surface area contributed by atoms with Gasteiger partial charge < -0.3 is 16.0 Å². The summed E-state index contributed by atoms with van der Waals surface area (Å²) in [6, 6.07) is 7.92. The molecule has 1 aliphatic rings. The normalized spacial score (nSPS) is 14.3. The molecule has 1 fully saturated rings. The van der Waals surface area contributed by atoms with Crippen molar-refractivity contribution in [1.29, 1.82) is 0 Å². The van der Waals surface area contributed by atoms with Crippen molar-refractivity contribution in [1.82, 2.24) is 5.32 Å². The Kier molecular flexibility index (Phi) is 4.20. The molecule has 1 aliphatic carbocycles. The number of rotatable bonds is 6. The molecule has 4 nitrogen and oxygen atoms in total. The summed E-state index contributed by atoms with van der Waals surface area (Å²) < 4.78 is 0. The van der Waals surface area contributed by atoms with Gasteiger partial charge in [-0.2, -0.15) is 0 Å². The third-order valence-corrected chi connectivity index (χ3v) is 3.29. The van der Waals surface area contributed by atoms with Crippen molar-refractivity contribution in [3.63, 3.8) is 0 Å². The number of carbonyl (C=O) groups is 1. The minimum absolute atomic E-state index is 0.0798. The fourth-order valence-electron chi connectivity index (χ4n) is 1.99. The van der Waals surface area contributed by atoms with Gasteiger partial charge in [-0.25, -0.2) is 0 Å². The van der Waals surface area contributed by atoms with Gasteiger partial charge in [-0.05, 0) is 30.4 Å². The highest BCUT2D eigenvalue weighted by molar-refractivity contribution is 5.81. The summed E-state index contributed by atoms with van der Waals surface area (Å²) in [6.45, 7) is 1.69. The van der Waals surface area contributed by atoms with Crippen molar-refractivity contribution in [2.45, 2.75) is 19.4 Å². The van der Waals surface area contributed by atoms with Gasteiger partial charge in [0.2, 0.25) is 5.91 Å². The van der Waals surface area contributed by atoms with Crippen LogP contribution in [0.4, 0.5) is 5.69 Å². The Morgan fingerprint density at radius 2 is 2.17 bits per heavy atom. The summed E-state index contributed by atoms with van der Waals surface area (Å²) in [4.78, 5) is 13.7. The lowest BCUT2D eigenvalue weighted by molar-refractivity contribution is -0.119. The van der Waals surface area contributed by atoms with E-state index in [2.05, 4.69) is 5.32 Å². The van der Waals surface area contributed by atoms with Crippen molar-refractivity contribution >= 4 is 11.6 Å². The third-order valence-electron chi connectivity index (χ3n) is 3.29. The number of benzene rings is 1. The third kappa shape index (κ3) is 3.47. The monoisotopic (exact) mass is 247 g/mol. The van der Waals surface area contributed by atoms with Gasteiger partial charge in [0.15, 0.2) is 0 Å². The summed E-state index contributed by atoms with van der Waals surface area (Å²) >= 11 is 0. The maximum absolute atomic E-state index is 11.8. The van der Waals surface area contributed by atoms with Crippen LogP contribution in [0.1, 0.15) is 18.4 Å². The first-order valence-corrected chi connectivity index (χ1v) is 6.46. The van der Waals surface area contributed by atoms with Crippen LogP contribution < -0.4 is 16.0 Å². The Bertz CT molecular complexity index is 415. The highest BCUT2D eigenvalue weighted by Crippen LogP contribution is 2.27. The number of amides is 1. The number of hydrogen-bond acceptors (Lipinski definition) is 3. The van der Waals surface area contributed by atoms with Crippen LogP contribution in [-0.2, 0) is 11.3 Å². The van der Waals surface area contributed by atoms with Crippen LogP contribution >= 0.6 is 0 Å². The summed E-state index contributed by atoms with van der Waals surface area (Å²) in [5.41, 5.74) is 7.79. The zero-order valence-corrected chi connectivity index (χ0v) is 10.9. The molecule has 1 amide bonds. The Morgan fingerprint density at radius 3 is 2.83 bits per heavy atom. The first kappa shape index (κ1) is 12.9. The Morgan fingerprint density at radius 1 is 1.44 bits per heavy atom. The molecule has 2 rings (SSSR count). The summed E-state index contributed by atoms with van der Waals surface area (Å²) in [7, 11) is 1.92. The van der Waals surface area contributed by atoms with Gasteiger partial charge in [-0.15, -0.1) is 0 Å². The van der Waals surface area contributed by atoms with E-state index < -0.39 is 0 Å². The molecular weight excluding hydrogens is 226 g/mol. The molecular formula is C14H21N3O. The molecule has 0 aliphatic heterocycles. The van der Waals surface area contributed by atoms with E-state index in [1.54, 1.807) is 0 Å². The van der Waals surface area contributed by atoms with Crippen molar-refractivity contribution in [2.75, 3.05) is 25.0 Å². The molecule has 0 atom stereocenters. The van der Waals surface area contributed by atoms with Crippen LogP contribution in [0.25, 0.3) is 0 Å². The van der Waals surface area contributed by atoms with E-state index in [1.165, 1.54) is 12.8 Å². The number of likely N-dealkylation sites (N-methyl/N-ethyl adjacent to an activating group) is 1. The molecule has 0 heterocycles. The average molecular weight is 247 g/mol. The van der Waals surface area contributed by atoms with Crippen molar-refractivity contribution in [3.05, 3.63) is 29.8 Å². The zero-order valence-electron chi connectivity index (χ0n) is 10.9. The van der Waals surface area contributed by atoms with Crippen molar-refractivity contribution in [3.8, 4) is 0 Å². The first-order valence-electron chi connectivity index (χ1n) is 6.46. The van der Waals surface area contributed by atoms with Crippen LogP contribution in [0.15, 0.2) is 24.3 Å². The van der Waals surface area contributed by atoms with Crippen LogP contribution in [0.2, 0.25) is 0 Å². The zero-order chi connectivity index (χ0) is 13.0. The predicted octanol–water partition coefficient (Wildman–Crippen LogP) is 1.11. The van der Waals surface area contributed by atoms with Crippen molar-refractivity contribution < 1.29 is 4.79 Å². The van der Waals surface area contributed by atoms with Gasteiger partial charge >= 0.3 is 0 Å². The number of nitrogens with one attached hydrogen (secondary N) is 1. The molecule has 0 bridgehead atoms. The van der Waals surface area contributed by atoms with E-state index in [4.69, 9.17) is 5.73 Å². The van der Waals surface area contributed by atoms with E-state index in [0.717, 1.165) is 23.7 Å². The second-order valence-corrected chi connectivity index (χ2v) is 4.94. The molecule has 0 aromatic heterocycles. The lowest BCUT2D eigenvalue weighted by Crippen LogP contribution is -2.36. The minimum atomic E-state index is 0.0798. The lowest BCUT2D eigenvalue weighted by atomic mass is 10.1. The highest BCUT2D eigenvalue weighted by Gasteiger charge is 2.21. The average Bonchev–Trinajstić information content (AvgIpc) is 3.20. The predicted molar refractivity (Wildman–Crippen MR) is 73.3 cm³/mol. The number of nitrogens with two attached hydrogens (primary N) is 1.